The molecule has 0 fully saturated rings. The number of carboxylic acid groups (broad SMARTS) is 2. The average Bonchev–Trinajstić information content (AvgIpc) is 2.97. The van der Waals surface area contributed by atoms with Gasteiger partial charge in [-0.15, -0.1) is 23.5 Å². The van der Waals surface area contributed by atoms with Crippen molar-refractivity contribution in [1.29, 1.82) is 0 Å². The van der Waals surface area contributed by atoms with Gasteiger partial charge in [0, 0.05) is 18.6 Å². The van der Waals surface area contributed by atoms with Gasteiger partial charge in [-0.05, 0) is 24.3 Å². The zero-order valence-corrected chi connectivity index (χ0v) is 30.1. The van der Waals surface area contributed by atoms with Crippen LogP contribution in [0.3, 0.4) is 0 Å². The van der Waals surface area contributed by atoms with Crippen molar-refractivity contribution in [3.63, 3.8) is 0 Å². The van der Waals surface area contributed by atoms with Crippen molar-refractivity contribution < 1.29 is 23.7 Å². The van der Waals surface area contributed by atoms with Gasteiger partial charge in [0.2, 0.25) is 0 Å². The molecule has 0 bridgehead atoms. The summed E-state index contributed by atoms with van der Waals surface area (Å²) < 4.78 is 12.2. The normalized spacial score (nSPS) is 11.3. The number of halogens is 1. The zero-order chi connectivity index (χ0) is 31.6. The number of hydrogen-bond acceptors (Lipinski definition) is 5. The zero-order valence-electron chi connectivity index (χ0n) is 27.6. The van der Waals surface area contributed by atoms with Crippen molar-refractivity contribution in [2.24, 2.45) is 0 Å². The van der Waals surface area contributed by atoms with E-state index >= 15 is 0 Å². The summed E-state index contributed by atoms with van der Waals surface area (Å²) in [5.41, 5.74) is 0. The Hall–Kier alpha value is -0.0800. The molecule has 0 spiro atoms. The highest BCUT2D eigenvalue weighted by Crippen LogP contribution is 2.42. The van der Waals surface area contributed by atoms with E-state index in [1.54, 1.807) is 6.92 Å². The van der Waals surface area contributed by atoms with E-state index in [0.717, 1.165) is 37.2 Å². The fraction of sp³-hybridized carbons (Fsp3) is 0.941. The minimum Gasteiger partial charge on any atom is -0.481 e. The van der Waals surface area contributed by atoms with Crippen LogP contribution in [0.25, 0.3) is 0 Å². The molecule has 0 heterocycles. The lowest BCUT2D eigenvalue weighted by Crippen LogP contribution is -2.35. The van der Waals surface area contributed by atoms with Gasteiger partial charge in [0.05, 0.1) is 5.75 Å². The first-order valence-electron chi connectivity index (χ1n) is 17.4. The maximum absolute atomic E-state index is 13.2. The number of carboxylic acids is 2. The van der Waals surface area contributed by atoms with Crippen LogP contribution in [0, 0.1) is 0 Å². The van der Waals surface area contributed by atoms with Crippen molar-refractivity contribution >= 4 is 47.6 Å². The van der Waals surface area contributed by atoms with E-state index in [-0.39, 0.29) is 24.3 Å². The first-order chi connectivity index (χ1) is 20.4. The van der Waals surface area contributed by atoms with Crippen LogP contribution in [0.2, 0.25) is 0 Å². The third-order valence-electron chi connectivity index (χ3n) is 7.54. The fourth-order valence-electron chi connectivity index (χ4n) is 4.74. The lowest BCUT2D eigenvalue weighted by molar-refractivity contribution is -0.137. The molecule has 0 saturated carbocycles. The summed E-state index contributed by atoms with van der Waals surface area (Å²) in [5, 5.41) is 17.6. The van der Waals surface area contributed by atoms with Gasteiger partial charge < -0.3 is 10.2 Å². The van der Waals surface area contributed by atoms with Crippen LogP contribution >= 0.6 is 35.7 Å². The topological polar surface area (TPSA) is 74.6 Å². The minimum absolute atomic E-state index is 0.0359. The second-order valence-electron chi connectivity index (χ2n) is 11.5. The molecule has 42 heavy (non-hydrogen) atoms. The summed E-state index contributed by atoms with van der Waals surface area (Å²) >= 11 is 3.12. The standard InChI is InChI=1S/C31H61FO2S3.C3H6O2/c1-3-5-7-9-11-13-15-17-19-21-23-25-27-35-31(29-37-32,30(33)34)36-28-26-24-22-20-18-16-14-12-10-8-6-4-2;1-2-3(4)5/h3-29H2,1-2H3,(H,33,34);2H2,1H3,(H,4,5). The molecule has 0 unspecified atom stereocenters. The number of rotatable bonds is 32. The molecule has 0 aliphatic carbocycles. The summed E-state index contributed by atoms with van der Waals surface area (Å²) in [5.74, 6) is 0.0649. The molecule has 0 radical (unpaired) electrons. The first kappa shape index (κ1) is 44.0. The predicted molar refractivity (Wildman–Crippen MR) is 189 cm³/mol. The van der Waals surface area contributed by atoms with Gasteiger partial charge >= 0.3 is 11.9 Å². The van der Waals surface area contributed by atoms with Crippen LogP contribution in [-0.2, 0) is 9.59 Å². The number of hydrogen-bond donors (Lipinski definition) is 2. The average molecular weight is 655 g/mol. The molecule has 0 aromatic rings. The van der Waals surface area contributed by atoms with Gasteiger partial charge in [0.1, 0.15) is 0 Å². The smallest absolute Gasteiger partial charge is 0.331 e. The molecular formula is C34H67FO4S3. The molecule has 0 aromatic carbocycles. The van der Waals surface area contributed by atoms with Crippen LogP contribution in [0.15, 0.2) is 0 Å². The second-order valence-corrected chi connectivity index (χ2v) is 15.1. The van der Waals surface area contributed by atoms with Gasteiger partial charge in [-0.1, -0.05) is 162 Å². The van der Waals surface area contributed by atoms with E-state index in [1.807, 2.05) is 0 Å². The third kappa shape index (κ3) is 31.3. The first-order valence-corrected chi connectivity index (χ1v) is 20.2. The van der Waals surface area contributed by atoms with Crippen molar-refractivity contribution in [3.8, 4) is 0 Å². The number of aliphatic carboxylic acids is 2. The highest BCUT2D eigenvalue weighted by Gasteiger charge is 2.39. The molecule has 0 rings (SSSR count). The van der Waals surface area contributed by atoms with Crippen LogP contribution in [0.1, 0.15) is 181 Å². The Kier molecular flexibility index (Phi) is 37.1. The lowest BCUT2D eigenvalue weighted by atomic mass is 10.1. The van der Waals surface area contributed by atoms with Crippen molar-refractivity contribution in [2.45, 2.75) is 185 Å². The lowest BCUT2D eigenvalue weighted by Gasteiger charge is -2.26. The molecule has 0 aromatic heterocycles. The second kappa shape index (κ2) is 35.4. The molecule has 0 aliphatic rings. The van der Waals surface area contributed by atoms with Crippen LogP contribution in [-0.4, -0.2) is 43.5 Å². The highest BCUT2D eigenvalue weighted by atomic mass is 32.2. The van der Waals surface area contributed by atoms with Crippen molar-refractivity contribution in [1.82, 2.24) is 0 Å². The maximum atomic E-state index is 13.2. The van der Waals surface area contributed by atoms with E-state index in [4.69, 9.17) is 5.11 Å². The Morgan fingerprint density at radius 1 is 0.524 bits per heavy atom. The van der Waals surface area contributed by atoms with Gasteiger partial charge in [-0.25, -0.2) is 4.79 Å². The van der Waals surface area contributed by atoms with E-state index in [1.165, 1.54) is 152 Å². The van der Waals surface area contributed by atoms with Crippen molar-refractivity contribution in [2.75, 3.05) is 17.3 Å². The van der Waals surface area contributed by atoms with E-state index < -0.39 is 16.0 Å². The molecule has 0 atom stereocenters. The molecule has 8 heteroatoms. The number of carbonyl (C=O) groups is 2. The molecule has 0 aliphatic heterocycles. The summed E-state index contributed by atoms with van der Waals surface area (Å²) in [4.78, 5) is 21.5. The highest BCUT2D eigenvalue weighted by molar-refractivity contribution is 8.20. The van der Waals surface area contributed by atoms with E-state index in [9.17, 15) is 18.6 Å². The van der Waals surface area contributed by atoms with Gasteiger partial charge in [-0.3, -0.25) is 4.79 Å². The number of thioether (sulfide) groups is 2. The quantitative estimate of drug-likeness (QED) is 0.0552. The largest absolute Gasteiger partial charge is 0.481 e. The SMILES string of the molecule is CCC(=O)O.CCCCCCCCCCCCCCSC(CSF)(SCCCCCCCCCCCCCC)C(=O)O. The van der Waals surface area contributed by atoms with Crippen LogP contribution in [0.4, 0.5) is 3.89 Å². The molecule has 0 amide bonds. The summed E-state index contributed by atoms with van der Waals surface area (Å²) in [6.07, 6.45) is 31.5. The minimum atomic E-state index is -1.03. The van der Waals surface area contributed by atoms with E-state index in [2.05, 4.69) is 13.8 Å². The van der Waals surface area contributed by atoms with Crippen LogP contribution < -0.4 is 0 Å². The van der Waals surface area contributed by atoms with Gasteiger partial charge in [0.15, 0.2) is 4.08 Å². The Balaban J connectivity index is 0. The van der Waals surface area contributed by atoms with Crippen molar-refractivity contribution in [3.05, 3.63) is 0 Å². The summed E-state index contributed by atoms with van der Waals surface area (Å²) in [6, 6.07) is 0. The molecule has 252 valence electrons. The van der Waals surface area contributed by atoms with E-state index in [0.29, 0.717) is 0 Å². The monoisotopic (exact) mass is 654 g/mol. The third-order valence-corrected chi connectivity index (χ3v) is 11.7. The molecule has 0 saturated heterocycles. The predicted octanol–water partition coefficient (Wildman–Crippen LogP) is 12.7. The Labute approximate surface area is 273 Å². The van der Waals surface area contributed by atoms with Gasteiger partial charge in [0.25, 0.3) is 0 Å². The molecule has 2 N–H and O–H groups in total. The Morgan fingerprint density at radius 2 is 0.786 bits per heavy atom. The fourth-order valence-corrected chi connectivity index (χ4v) is 8.38. The summed E-state index contributed by atoms with van der Waals surface area (Å²) in [7, 11) is 0. The maximum Gasteiger partial charge on any atom is 0.331 e. The Bertz CT molecular complexity index is 551. The molecule has 4 nitrogen and oxygen atoms in total. The van der Waals surface area contributed by atoms with Gasteiger partial charge in [-0.2, -0.15) is 3.89 Å². The summed E-state index contributed by atoms with van der Waals surface area (Å²) in [6.45, 7) is 6.13. The number of unbranched alkanes of at least 4 members (excludes halogenated alkanes) is 22. The van der Waals surface area contributed by atoms with Crippen LogP contribution in [0.5, 0.6) is 0 Å². The molecular weight excluding hydrogens is 588 g/mol. The Morgan fingerprint density at radius 3 is 1.00 bits per heavy atom.